The van der Waals surface area contributed by atoms with Gasteiger partial charge in [-0.25, -0.2) is 9.18 Å². The molecule has 0 saturated heterocycles. The van der Waals surface area contributed by atoms with Crippen LogP contribution in [0.5, 0.6) is 0 Å². The number of anilines is 1. The van der Waals surface area contributed by atoms with Gasteiger partial charge in [0, 0.05) is 28.6 Å². The Kier molecular flexibility index (Phi) is 7.30. The van der Waals surface area contributed by atoms with Gasteiger partial charge < -0.3 is 14.6 Å². The van der Waals surface area contributed by atoms with E-state index in [9.17, 15) is 14.0 Å². The number of hydrogen-bond donors (Lipinski definition) is 1. The second-order valence-corrected chi connectivity index (χ2v) is 9.32. The molecule has 1 amide bonds. The number of nitrogens with one attached hydrogen (secondary N) is 1. The maximum absolute atomic E-state index is 13.3. The van der Waals surface area contributed by atoms with Gasteiger partial charge in [0.15, 0.2) is 11.0 Å². The minimum atomic E-state index is -0.593. The highest BCUT2D eigenvalue weighted by atomic mass is 35.5. The standard InChI is InChI=1S/C23H18ClFN4O3S2/c1-29-20(14-3-7-15(24)8-4-14)27-28-23(29)34-12-18(30)26-21-19(22(31)32-2)17(11-33-21)13-5-9-16(25)10-6-13/h3-11H,12H2,1-2H3,(H,26,30). The molecule has 174 valence electrons. The van der Waals surface area contributed by atoms with E-state index in [-0.39, 0.29) is 23.0 Å². The van der Waals surface area contributed by atoms with Gasteiger partial charge in [-0.15, -0.1) is 21.5 Å². The molecule has 0 unspecified atom stereocenters. The summed E-state index contributed by atoms with van der Waals surface area (Å²) in [7, 11) is 3.08. The van der Waals surface area contributed by atoms with E-state index in [4.69, 9.17) is 16.3 Å². The van der Waals surface area contributed by atoms with Gasteiger partial charge in [-0.1, -0.05) is 35.5 Å². The summed E-state index contributed by atoms with van der Waals surface area (Å²) in [6.07, 6.45) is 0. The minimum absolute atomic E-state index is 0.0526. The number of amides is 1. The van der Waals surface area contributed by atoms with E-state index in [0.29, 0.717) is 32.1 Å². The predicted molar refractivity (Wildman–Crippen MR) is 132 cm³/mol. The maximum Gasteiger partial charge on any atom is 0.341 e. The number of thioether (sulfide) groups is 1. The third-order valence-electron chi connectivity index (χ3n) is 4.86. The van der Waals surface area contributed by atoms with Crippen molar-refractivity contribution < 1.29 is 18.7 Å². The lowest BCUT2D eigenvalue weighted by atomic mass is 10.0. The average molecular weight is 517 g/mol. The molecular weight excluding hydrogens is 499 g/mol. The summed E-state index contributed by atoms with van der Waals surface area (Å²) < 4.78 is 20.0. The van der Waals surface area contributed by atoms with Crippen LogP contribution >= 0.6 is 34.7 Å². The van der Waals surface area contributed by atoms with Crippen molar-refractivity contribution >= 4 is 51.6 Å². The highest BCUT2D eigenvalue weighted by Crippen LogP contribution is 2.36. The largest absolute Gasteiger partial charge is 0.465 e. The van der Waals surface area contributed by atoms with Crippen molar-refractivity contribution in [2.75, 3.05) is 18.2 Å². The van der Waals surface area contributed by atoms with Gasteiger partial charge in [0.2, 0.25) is 5.91 Å². The molecule has 4 rings (SSSR count). The molecular formula is C23H18ClFN4O3S2. The van der Waals surface area contributed by atoms with Crippen molar-refractivity contribution in [3.8, 4) is 22.5 Å². The van der Waals surface area contributed by atoms with E-state index >= 15 is 0 Å². The molecule has 0 radical (unpaired) electrons. The van der Waals surface area contributed by atoms with Crippen LogP contribution in [-0.2, 0) is 16.6 Å². The quantitative estimate of drug-likeness (QED) is 0.257. The molecule has 0 aliphatic carbocycles. The number of hydrogen-bond acceptors (Lipinski definition) is 7. The van der Waals surface area contributed by atoms with Gasteiger partial charge in [0.1, 0.15) is 16.4 Å². The molecule has 0 spiro atoms. The maximum atomic E-state index is 13.3. The zero-order chi connectivity index (χ0) is 24.2. The van der Waals surface area contributed by atoms with Crippen molar-refractivity contribution in [1.29, 1.82) is 0 Å². The summed E-state index contributed by atoms with van der Waals surface area (Å²) in [6.45, 7) is 0. The van der Waals surface area contributed by atoms with Gasteiger partial charge in [-0.05, 0) is 42.0 Å². The van der Waals surface area contributed by atoms with Gasteiger partial charge in [0.05, 0.1) is 12.9 Å². The van der Waals surface area contributed by atoms with Gasteiger partial charge in [-0.2, -0.15) is 0 Å². The SMILES string of the molecule is COC(=O)c1c(-c2ccc(F)cc2)csc1NC(=O)CSc1nnc(-c2ccc(Cl)cc2)n1C. The monoisotopic (exact) mass is 516 g/mol. The van der Waals surface area contributed by atoms with E-state index in [1.807, 2.05) is 19.2 Å². The lowest BCUT2D eigenvalue weighted by molar-refractivity contribution is -0.113. The van der Waals surface area contributed by atoms with Crippen LogP contribution in [0.2, 0.25) is 5.02 Å². The molecule has 2 aromatic heterocycles. The zero-order valence-corrected chi connectivity index (χ0v) is 20.4. The fraction of sp³-hybridized carbons (Fsp3) is 0.130. The molecule has 0 atom stereocenters. The number of thiophene rings is 1. The lowest BCUT2D eigenvalue weighted by Crippen LogP contribution is -2.16. The van der Waals surface area contributed by atoms with E-state index in [2.05, 4.69) is 15.5 Å². The number of aromatic nitrogens is 3. The summed E-state index contributed by atoms with van der Waals surface area (Å²) in [5, 5.41) is 14.4. The van der Waals surface area contributed by atoms with Crippen molar-refractivity contribution in [3.05, 3.63) is 70.3 Å². The van der Waals surface area contributed by atoms with Crippen LogP contribution in [0, 0.1) is 5.82 Å². The Morgan fingerprint density at radius 1 is 1.12 bits per heavy atom. The Bertz CT molecular complexity index is 1340. The Labute approximate surface area is 207 Å². The smallest absolute Gasteiger partial charge is 0.341 e. The molecule has 0 aliphatic rings. The molecule has 0 bridgehead atoms. The predicted octanol–water partition coefficient (Wildman–Crippen LogP) is 5.52. The van der Waals surface area contributed by atoms with Crippen molar-refractivity contribution in [2.24, 2.45) is 7.05 Å². The molecule has 7 nitrogen and oxygen atoms in total. The van der Waals surface area contributed by atoms with Crippen molar-refractivity contribution in [3.63, 3.8) is 0 Å². The fourth-order valence-corrected chi connectivity index (χ4v) is 4.99. The van der Waals surface area contributed by atoms with Crippen LogP contribution in [-0.4, -0.2) is 39.5 Å². The third-order valence-corrected chi connectivity index (χ3v) is 7.03. The first-order valence-corrected chi connectivity index (χ1v) is 12.2. The van der Waals surface area contributed by atoms with E-state index < -0.39 is 5.97 Å². The molecule has 0 saturated carbocycles. The van der Waals surface area contributed by atoms with Crippen LogP contribution in [0.25, 0.3) is 22.5 Å². The number of benzene rings is 2. The molecule has 1 N–H and O–H groups in total. The second-order valence-electron chi connectivity index (χ2n) is 7.06. The summed E-state index contributed by atoms with van der Waals surface area (Å²) in [5.74, 6) is -0.596. The highest BCUT2D eigenvalue weighted by Gasteiger charge is 2.23. The second kappa shape index (κ2) is 10.4. The number of carbonyl (C=O) groups is 2. The van der Waals surface area contributed by atoms with Gasteiger partial charge in [-0.3, -0.25) is 4.79 Å². The summed E-state index contributed by atoms with van der Waals surface area (Å²) in [6, 6.07) is 13.0. The lowest BCUT2D eigenvalue weighted by Gasteiger charge is -2.08. The number of esters is 1. The van der Waals surface area contributed by atoms with E-state index in [1.165, 1.54) is 42.3 Å². The molecule has 4 aromatic rings. The number of halogens is 2. The first-order valence-electron chi connectivity index (χ1n) is 9.91. The molecule has 2 aromatic carbocycles. The van der Waals surface area contributed by atoms with Gasteiger partial charge in [0.25, 0.3) is 0 Å². The Morgan fingerprint density at radius 2 is 1.79 bits per heavy atom. The molecule has 11 heteroatoms. The first kappa shape index (κ1) is 23.9. The summed E-state index contributed by atoms with van der Waals surface area (Å²) in [5.41, 5.74) is 2.27. The molecule has 0 fully saturated rings. The summed E-state index contributed by atoms with van der Waals surface area (Å²) >= 11 is 8.35. The average Bonchev–Trinajstić information content (AvgIpc) is 3.41. The Balaban J connectivity index is 1.48. The van der Waals surface area contributed by atoms with Crippen LogP contribution in [0.3, 0.4) is 0 Å². The van der Waals surface area contributed by atoms with E-state index in [0.717, 1.165) is 5.56 Å². The molecule has 34 heavy (non-hydrogen) atoms. The number of ether oxygens (including phenoxy) is 1. The van der Waals surface area contributed by atoms with Crippen LogP contribution in [0.15, 0.2) is 59.1 Å². The van der Waals surface area contributed by atoms with Crippen LogP contribution in [0.4, 0.5) is 9.39 Å². The van der Waals surface area contributed by atoms with Gasteiger partial charge >= 0.3 is 5.97 Å². The van der Waals surface area contributed by atoms with Crippen LogP contribution in [0.1, 0.15) is 10.4 Å². The summed E-state index contributed by atoms with van der Waals surface area (Å²) in [4.78, 5) is 25.1. The zero-order valence-electron chi connectivity index (χ0n) is 18.0. The topological polar surface area (TPSA) is 86.1 Å². The normalized spacial score (nSPS) is 10.8. The van der Waals surface area contributed by atoms with Crippen molar-refractivity contribution in [2.45, 2.75) is 5.16 Å². The fourth-order valence-electron chi connectivity index (χ4n) is 3.18. The number of nitrogens with zero attached hydrogens (tertiary/aromatic N) is 3. The number of rotatable bonds is 7. The van der Waals surface area contributed by atoms with Crippen molar-refractivity contribution in [1.82, 2.24) is 14.8 Å². The van der Waals surface area contributed by atoms with E-state index in [1.54, 1.807) is 34.2 Å². The molecule has 0 aliphatic heterocycles. The van der Waals surface area contributed by atoms with Crippen LogP contribution < -0.4 is 5.32 Å². The first-order chi connectivity index (χ1) is 16.4. The molecule has 2 heterocycles. The highest BCUT2D eigenvalue weighted by molar-refractivity contribution is 7.99. The Hall–Kier alpha value is -3.21. The third kappa shape index (κ3) is 5.14. The Morgan fingerprint density at radius 3 is 2.47 bits per heavy atom. The minimum Gasteiger partial charge on any atom is -0.465 e. The number of carbonyl (C=O) groups excluding carboxylic acids is 2. The number of methoxy groups -OCH3 is 1.